The van der Waals surface area contributed by atoms with Crippen molar-refractivity contribution in [2.45, 2.75) is 45.9 Å². The van der Waals surface area contributed by atoms with Gasteiger partial charge in [0, 0.05) is 23.5 Å². The van der Waals surface area contributed by atoms with Gasteiger partial charge in [0.15, 0.2) is 22.5 Å². The number of carbonyl (C=O) groups excluding carboxylic acids is 1. The van der Waals surface area contributed by atoms with E-state index in [4.69, 9.17) is 8.83 Å². The Kier molecular flexibility index (Phi) is 6.18. The number of nitrogens with zero attached hydrogens (tertiary/aromatic N) is 4. The van der Waals surface area contributed by atoms with Crippen LogP contribution >= 0.6 is 11.8 Å². The lowest BCUT2D eigenvalue weighted by atomic mass is 10.2. The molecule has 0 spiro atoms. The largest absolute Gasteiger partial charge is 0.467 e. The normalized spacial score (nSPS) is 11.5. The Bertz CT molecular complexity index is 1150. The van der Waals surface area contributed by atoms with Crippen LogP contribution in [0.5, 0.6) is 0 Å². The molecular weight excluding hydrogens is 412 g/mol. The van der Waals surface area contributed by atoms with E-state index in [1.807, 2.05) is 48.7 Å². The van der Waals surface area contributed by atoms with E-state index >= 15 is 0 Å². The lowest BCUT2D eigenvalue weighted by Crippen LogP contribution is -2.10. The highest BCUT2D eigenvalue weighted by atomic mass is 32.2. The smallest absolute Gasteiger partial charge is 0.200 e. The summed E-state index contributed by atoms with van der Waals surface area (Å²) in [6.07, 6.45) is 3.29. The molecule has 0 unspecified atom stereocenters. The summed E-state index contributed by atoms with van der Waals surface area (Å²) in [6.45, 7) is 9.62. The first-order valence-corrected chi connectivity index (χ1v) is 11.2. The predicted octanol–water partition coefficient (Wildman–Crippen LogP) is 5.23. The number of hydrogen-bond donors (Lipinski definition) is 0. The van der Waals surface area contributed by atoms with Crippen molar-refractivity contribution in [3.05, 3.63) is 65.6 Å². The summed E-state index contributed by atoms with van der Waals surface area (Å²) in [4.78, 5) is 13.0. The minimum Gasteiger partial charge on any atom is -0.467 e. The van der Waals surface area contributed by atoms with Crippen LogP contribution in [0, 0.1) is 19.8 Å². The van der Waals surface area contributed by atoms with Crippen molar-refractivity contribution in [1.29, 1.82) is 0 Å². The van der Waals surface area contributed by atoms with E-state index in [0.717, 1.165) is 34.4 Å². The molecule has 162 valence electrons. The summed E-state index contributed by atoms with van der Waals surface area (Å²) < 4.78 is 15.1. The van der Waals surface area contributed by atoms with Crippen molar-refractivity contribution in [2.75, 3.05) is 5.75 Å². The van der Waals surface area contributed by atoms with E-state index in [2.05, 4.69) is 28.6 Å². The quantitative estimate of drug-likeness (QED) is 0.263. The third-order valence-electron chi connectivity index (χ3n) is 5.11. The first-order chi connectivity index (χ1) is 14.9. The molecule has 0 amide bonds. The molecule has 0 N–H and O–H groups in total. The van der Waals surface area contributed by atoms with Gasteiger partial charge in [0.2, 0.25) is 0 Å². The molecule has 0 radical (unpaired) electrons. The van der Waals surface area contributed by atoms with Gasteiger partial charge in [0.25, 0.3) is 0 Å². The maximum absolute atomic E-state index is 13.0. The molecule has 0 fully saturated rings. The van der Waals surface area contributed by atoms with Gasteiger partial charge in [-0.3, -0.25) is 9.36 Å². The van der Waals surface area contributed by atoms with Crippen molar-refractivity contribution >= 4 is 17.5 Å². The van der Waals surface area contributed by atoms with Gasteiger partial charge in [-0.2, -0.15) is 0 Å². The lowest BCUT2D eigenvalue weighted by Gasteiger charge is -2.11. The SMILES string of the molecule is Cc1cc(C(=O)CSc2nnc(-c3ccco3)n2CC(C)C)c(C)n1Cc1ccco1. The summed E-state index contributed by atoms with van der Waals surface area (Å²) in [5, 5.41) is 9.36. The summed E-state index contributed by atoms with van der Waals surface area (Å²) in [5.74, 6) is 2.99. The Morgan fingerprint density at radius 2 is 1.87 bits per heavy atom. The fraction of sp³-hybridized carbons (Fsp3) is 0.348. The molecule has 31 heavy (non-hydrogen) atoms. The number of ketones is 1. The molecule has 4 aromatic rings. The molecule has 4 heterocycles. The molecule has 7 nitrogen and oxygen atoms in total. The molecule has 0 saturated heterocycles. The zero-order chi connectivity index (χ0) is 22.0. The summed E-state index contributed by atoms with van der Waals surface area (Å²) in [5.41, 5.74) is 2.71. The number of aromatic nitrogens is 4. The van der Waals surface area contributed by atoms with Crippen molar-refractivity contribution in [1.82, 2.24) is 19.3 Å². The second-order valence-corrected chi connectivity index (χ2v) is 8.89. The van der Waals surface area contributed by atoms with Gasteiger partial charge in [-0.25, -0.2) is 0 Å². The van der Waals surface area contributed by atoms with Crippen LogP contribution in [-0.4, -0.2) is 30.9 Å². The molecule has 0 saturated carbocycles. The van der Waals surface area contributed by atoms with Gasteiger partial charge in [-0.1, -0.05) is 25.6 Å². The van der Waals surface area contributed by atoms with Gasteiger partial charge >= 0.3 is 0 Å². The zero-order valence-electron chi connectivity index (χ0n) is 18.2. The minimum absolute atomic E-state index is 0.0717. The summed E-state index contributed by atoms with van der Waals surface area (Å²) >= 11 is 1.41. The fourth-order valence-electron chi connectivity index (χ4n) is 3.61. The molecule has 0 aliphatic heterocycles. The van der Waals surface area contributed by atoms with E-state index in [0.29, 0.717) is 29.8 Å². The highest BCUT2D eigenvalue weighted by Crippen LogP contribution is 2.27. The molecule has 0 atom stereocenters. The Labute approximate surface area is 185 Å². The first kappa shape index (κ1) is 21.2. The average molecular weight is 439 g/mol. The highest BCUT2D eigenvalue weighted by molar-refractivity contribution is 7.99. The summed E-state index contributed by atoms with van der Waals surface area (Å²) in [6, 6.07) is 9.46. The molecule has 0 bridgehead atoms. The van der Waals surface area contributed by atoms with E-state index in [-0.39, 0.29) is 5.78 Å². The van der Waals surface area contributed by atoms with Crippen LogP contribution in [0.1, 0.15) is 41.4 Å². The van der Waals surface area contributed by atoms with Crippen LogP contribution in [0.25, 0.3) is 11.6 Å². The third-order valence-corrected chi connectivity index (χ3v) is 6.07. The van der Waals surface area contributed by atoms with Crippen LogP contribution < -0.4 is 0 Å². The van der Waals surface area contributed by atoms with Crippen molar-refractivity contribution < 1.29 is 13.6 Å². The maximum atomic E-state index is 13.0. The van der Waals surface area contributed by atoms with Crippen molar-refractivity contribution in [3.8, 4) is 11.6 Å². The Morgan fingerprint density at radius 1 is 1.10 bits per heavy atom. The lowest BCUT2D eigenvalue weighted by molar-refractivity contribution is 0.102. The number of Topliss-reactive ketones (excluding diaryl/α,β-unsaturated/α-hetero) is 1. The monoisotopic (exact) mass is 438 g/mol. The number of thioether (sulfide) groups is 1. The first-order valence-electron chi connectivity index (χ1n) is 10.3. The van der Waals surface area contributed by atoms with Gasteiger partial charge in [0.1, 0.15) is 5.76 Å². The van der Waals surface area contributed by atoms with Gasteiger partial charge in [0.05, 0.1) is 24.8 Å². The molecule has 4 aromatic heterocycles. The Morgan fingerprint density at radius 3 is 2.55 bits per heavy atom. The summed E-state index contributed by atoms with van der Waals surface area (Å²) in [7, 11) is 0. The van der Waals surface area contributed by atoms with Gasteiger partial charge in [-0.15, -0.1) is 10.2 Å². The predicted molar refractivity (Wildman–Crippen MR) is 119 cm³/mol. The molecule has 0 aliphatic carbocycles. The Hall–Kier alpha value is -3.00. The van der Waals surface area contributed by atoms with E-state index in [1.165, 1.54) is 11.8 Å². The van der Waals surface area contributed by atoms with Crippen LogP contribution in [0.3, 0.4) is 0 Å². The molecular formula is C23H26N4O3S. The average Bonchev–Trinajstić information content (AvgIpc) is 3.52. The van der Waals surface area contributed by atoms with Crippen LogP contribution in [0.4, 0.5) is 0 Å². The minimum atomic E-state index is 0.0717. The second kappa shape index (κ2) is 9.01. The second-order valence-electron chi connectivity index (χ2n) is 7.95. The number of furan rings is 2. The highest BCUT2D eigenvalue weighted by Gasteiger charge is 2.21. The maximum Gasteiger partial charge on any atom is 0.200 e. The van der Waals surface area contributed by atoms with E-state index < -0.39 is 0 Å². The van der Waals surface area contributed by atoms with Crippen LogP contribution in [0.2, 0.25) is 0 Å². The third kappa shape index (κ3) is 4.54. The Balaban J connectivity index is 1.52. The van der Waals surface area contributed by atoms with Crippen LogP contribution in [-0.2, 0) is 13.1 Å². The fourth-order valence-corrected chi connectivity index (χ4v) is 4.44. The molecule has 0 aromatic carbocycles. The standard InChI is InChI=1S/C23H26N4O3S/c1-15(2)12-27-22(21-8-6-10-30-21)24-25-23(27)31-14-20(28)19-11-16(3)26(17(19)4)13-18-7-5-9-29-18/h5-11,15H,12-14H2,1-4H3. The zero-order valence-corrected chi connectivity index (χ0v) is 19.0. The van der Waals surface area contributed by atoms with Crippen molar-refractivity contribution in [3.63, 3.8) is 0 Å². The number of carbonyl (C=O) groups is 1. The van der Waals surface area contributed by atoms with Crippen molar-refractivity contribution in [2.24, 2.45) is 5.92 Å². The molecule has 8 heteroatoms. The topological polar surface area (TPSA) is 79.0 Å². The number of rotatable bonds is 9. The number of aryl methyl sites for hydroxylation is 1. The van der Waals surface area contributed by atoms with Gasteiger partial charge < -0.3 is 13.4 Å². The van der Waals surface area contributed by atoms with E-state index in [1.54, 1.807) is 12.5 Å². The van der Waals surface area contributed by atoms with Crippen LogP contribution in [0.15, 0.2) is 56.8 Å². The molecule has 4 rings (SSSR count). The van der Waals surface area contributed by atoms with Gasteiger partial charge in [-0.05, 0) is 50.1 Å². The number of hydrogen-bond acceptors (Lipinski definition) is 6. The molecule has 0 aliphatic rings. The van der Waals surface area contributed by atoms with E-state index in [9.17, 15) is 4.79 Å².